The molecule has 0 spiro atoms. The molecule has 0 bridgehead atoms. The molecule has 1 aliphatic rings. The average molecular weight is 210 g/mol. The van der Waals surface area contributed by atoms with Crippen LogP contribution in [0.4, 0.5) is 0 Å². The van der Waals surface area contributed by atoms with E-state index in [1.54, 1.807) is 0 Å². The second kappa shape index (κ2) is 5.92. The van der Waals surface area contributed by atoms with Gasteiger partial charge >= 0.3 is 0 Å². The van der Waals surface area contributed by atoms with Crippen molar-refractivity contribution >= 4 is 0 Å². The van der Waals surface area contributed by atoms with Crippen LogP contribution in [0, 0.1) is 17.3 Å². The van der Waals surface area contributed by atoms with Crippen LogP contribution in [-0.4, -0.2) is 0 Å². The van der Waals surface area contributed by atoms with Gasteiger partial charge in [-0.2, -0.15) is 0 Å². The maximum atomic E-state index is 2.39. The summed E-state index contributed by atoms with van der Waals surface area (Å²) in [6, 6.07) is 0. The quantitative estimate of drug-likeness (QED) is 0.568. The second-order valence-corrected chi connectivity index (χ2v) is 6.59. The lowest BCUT2D eigenvalue weighted by Crippen LogP contribution is -2.26. The molecule has 0 aromatic rings. The maximum absolute atomic E-state index is 2.39. The van der Waals surface area contributed by atoms with Crippen LogP contribution in [0.15, 0.2) is 0 Å². The van der Waals surface area contributed by atoms with E-state index < -0.39 is 0 Å². The summed E-state index contributed by atoms with van der Waals surface area (Å²) in [5.74, 6) is 1.77. The molecule has 0 aromatic heterocycles. The zero-order chi connectivity index (χ0) is 11.3. The van der Waals surface area contributed by atoms with E-state index in [1.807, 2.05) is 0 Å². The number of hydrogen-bond donors (Lipinski definition) is 0. The molecule has 15 heavy (non-hydrogen) atoms. The maximum Gasteiger partial charge on any atom is -0.0295 e. The Bertz CT molecular complexity index is 161. The summed E-state index contributed by atoms with van der Waals surface area (Å²) in [4.78, 5) is 0. The van der Waals surface area contributed by atoms with Crippen LogP contribution < -0.4 is 0 Å². The van der Waals surface area contributed by atoms with Crippen LogP contribution >= 0.6 is 0 Å². The molecule has 0 aromatic carbocycles. The van der Waals surface area contributed by atoms with Crippen molar-refractivity contribution in [3.63, 3.8) is 0 Å². The highest BCUT2D eigenvalue weighted by molar-refractivity contribution is 4.84. The van der Waals surface area contributed by atoms with Crippen molar-refractivity contribution in [2.45, 2.75) is 79.1 Å². The van der Waals surface area contributed by atoms with Crippen molar-refractivity contribution in [3.05, 3.63) is 0 Å². The molecule has 0 amide bonds. The SMILES string of the molecule is CC(C)CCC1(CC(C)C)CCCCC1. The summed E-state index contributed by atoms with van der Waals surface area (Å²) in [6.45, 7) is 9.52. The lowest BCUT2D eigenvalue weighted by molar-refractivity contribution is 0.127. The summed E-state index contributed by atoms with van der Waals surface area (Å²) in [7, 11) is 0. The first kappa shape index (κ1) is 13.1. The first-order valence-corrected chi connectivity index (χ1v) is 7.04. The van der Waals surface area contributed by atoms with Crippen LogP contribution in [-0.2, 0) is 0 Å². The minimum absolute atomic E-state index is 0.733. The van der Waals surface area contributed by atoms with Crippen molar-refractivity contribution in [3.8, 4) is 0 Å². The molecule has 1 rings (SSSR count). The Morgan fingerprint density at radius 3 is 1.93 bits per heavy atom. The fraction of sp³-hybridized carbons (Fsp3) is 1.00. The third-order valence-corrected chi connectivity index (χ3v) is 4.01. The molecule has 1 aliphatic carbocycles. The van der Waals surface area contributed by atoms with Gasteiger partial charge in [-0.1, -0.05) is 53.4 Å². The van der Waals surface area contributed by atoms with Gasteiger partial charge in [0.05, 0.1) is 0 Å². The van der Waals surface area contributed by atoms with E-state index in [0.717, 1.165) is 17.3 Å². The van der Waals surface area contributed by atoms with Crippen molar-refractivity contribution < 1.29 is 0 Å². The Morgan fingerprint density at radius 1 is 0.867 bits per heavy atom. The predicted molar refractivity (Wildman–Crippen MR) is 69.0 cm³/mol. The predicted octanol–water partition coefficient (Wildman–Crippen LogP) is 5.42. The van der Waals surface area contributed by atoms with Gasteiger partial charge < -0.3 is 0 Å². The summed E-state index contributed by atoms with van der Waals surface area (Å²) in [5.41, 5.74) is 0.733. The molecule has 0 nitrogen and oxygen atoms in total. The number of hydrogen-bond acceptors (Lipinski definition) is 0. The van der Waals surface area contributed by atoms with Gasteiger partial charge in [-0.05, 0) is 42.9 Å². The minimum Gasteiger partial charge on any atom is -0.0628 e. The standard InChI is InChI=1S/C15H30/c1-13(2)8-11-15(12-14(3)4)9-6-5-7-10-15/h13-14H,5-12H2,1-4H3. The lowest BCUT2D eigenvalue weighted by Gasteiger charge is -2.39. The van der Waals surface area contributed by atoms with Crippen LogP contribution in [0.25, 0.3) is 0 Å². The first-order valence-electron chi connectivity index (χ1n) is 7.04. The molecule has 0 radical (unpaired) electrons. The van der Waals surface area contributed by atoms with E-state index in [4.69, 9.17) is 0 Å². The molecule has 0 atom stereocenters. The van der Waals surface area contributed by atoms with E-state index in [2.05, 4.69) is 27.7 Å². The van der Waals surface area contributed by atoms with Crippen LogP contribution in [0.3, 0.4) is 0 Å². The largest absolute Gasteiger partial charge is 0.0628 e. The van der Waals surface area contributed by atoms with Gasteiger partial charge in [0.2, 0.25) is 0 Å². The Kier molecular flexibility index (Phi) is 5.15. The highest BCUT2D eigenvalue weighted by Crippen LogP contribution is 2.45. The molecule has 0 N–H and O–H groups in total. The molecule has 1 fully saturated rings. The Hall–Kier alpha value is 0. The third kappa shape index (κ3) is 4.57. The van der Waals surface area contributed by atoms with Crippen molar-refractivity contribution in [1.82, 2.24) is 0 Å². The van der Waals surface area contributed by atoms with Crippen LogP contribution in [0.1, 0.15) is 79.1 Å². The molecule has 0 heteroatoms. The summed E-state index contributed by atoms with van der Waals surface area (Å²) >= 11 is 0. The van der Waals surface area contributed by atoms with E-state index >= 15 is 0 Å². The fourth-order valence-corrected chi connectivity index (χ4v) is 3.32. The van der Waals surface area contributed by atoms with Gasteiger partial charge in [-0.3, -0.25) is 0 Å². The molecule has 1 saturated carbocycles. The van der Waals surface area contributed by atoms with E-state index in [-0.39, 0.29) is 0 Å². The topological polar surface area (TPSA) is 0 Å². The van der Waals surface area contributed by atoms with Gasteiger partial charge in [-0.25, -0.2) is 0 Å². The Balaban J connectivity index is 2.50. The monoisotopic (exact) mass is 210 g/mol. The number of rotatable bonds is 5. The Morgan fingerprint density at radius 2 is 1.47 bits per heavy atom. The van der Waals surface area contributed by atoms with Crippen molar-refractivity contribution in [2.24, 2.45) is 17.3 Å². The lowest BCUT2D eigenvalue weighted by atomic mass is 9.66. The van der Waals surface area contributed by atoms with Crippen LogP contribution in [0.5, 0.6) is 0 Å². The average Bonchev–Trinajstić information content (AvgIpc) is 2.15. The van der Waals surface area contributed by atoms with Crippen molar-refractivity contribution in [1.29, 1.82) is 0 Å². The summed E-state index contributed by atoms with van der Waals surface area (Å²) in [5, 5.41) is 0. The highest BCUT2D eigenvalue weighted by atomic mass is 14.4. The molecule has 0 heterocycles. The zero-order valence-electron chi connectivity index (χ0n) is 11.3. The highest BCUT2D eigenvalue weighted by Gasteiger charge is 2.32. The molecular weight excluding hydrogens is 180 g/mol. The van der Waals surface area contributed by atoms with Gasteiger partial charge in [0.1, 0.15) is 0 Å². The minimum atomic E-state index is 0.733. The van der Waals surface area contributed by atoms with Gasteiger partial charge in [-0.15, -0.1) is 0 Å². The smallest absolute Gasteiger partial charge is 0.0295 e. The fourth-order valence-electron chi connectivity index (χ4n) is 3.32. The Labute approximate surface area is 96.8 Å². The molecule has 0 unspecified atom stereocenters. The van der Waals surface area contributed by atoms with Crippen molar-refractivity contribution in [2.75, 3.05) is 0 Å². The molecule has 90 valence electrons. The normalized spacial score (nSPS) is 21.2. The zero-order valence-corrected chi connectivity index (χ0v) is 11.3. The first-order chi connectivity index (χ1) is 7.04. The van der Waals surface area contributed by atoms with E-state index in [1.165, 1.54) is 51.4 Å². The molecule has 0 saturated heterocycles. The van der Waals surface area contributed by atoms with Gasteiger partial charge in [0.15, 0.2) is 0 Å². The summed E-state index contributed by atoms with van der Waals surface area (Å²) < 4.78 is 0. The van der Waals surface area contributed by atoms with E-state index in [0.29, 0.717) is 0 Å². The molecule has 0 aliphatic heterocycles. The molecular formula is C15H30. The second-order valence-electron chi connectivity index (χ2n) is 6.59. The third-order valence-electron chi connectivity index (χ3n) is 4.01. The van der Waals surface area contributed by atoms with E-state index in [9.17, 15) is 0 Å². The van der Waals surface area contributed by atoms with Gasteiger partial charge in [0.25, 0.3) is 0 Å². The summed E-state index contributed by atoms with van der Waals surface area (Å²) in [6.07, 6.45) is 11.9. The van der Waals surface area contributed by atoms with Gasteiger partial charge in [0, 0.05) is 0 Å². The van der Waals surface area contributed by atoms with Crippen LogP contribution in [0.2, 0.25) is 0 Å².